The Morgan fingerprint density at radius 3 is 2.89 bits per heavy atom. The molecule has 3 heteroatoms. The van der Waals surface area contributed by atoms with E-state index in [1.54, 1.807) is 7.11 Å². The highest BCUT2D eigenvalue weighted by Crippen LogP contribution is 2.40. The smallest absolute Gasteiger partial charge is 0.188 e. The maximum absolute atomic E-state index is 10.5. The molecule has 3 rings (SSSR count). The standard InChI is InChI=1S/C16H20O3/c1-15(17)9-10-16(18-2)8-7-12-5-3-4-6-13(12)11-14(15)19-16/h3-8,14,17H,9-11H2,1-2H3/b8-7-/t14-,15-,16+/m0/s1. The number of methoxy groups -OCH3 is 1. The van der Waals surface area contributed by atoms with E-state index in [0.29, 0.717) is 19.3 Å². The average molecular weight is 260 g/mol. The van der Waals surface area contributed by atoms with Crippen LogP contribution in [0.3, 0.4) is 0 Å². The second kappa shape index (κ2) is 4.44. The van der Waals surface area contributed by atoms with Gasteiger partial charge in [-0.2, -0.15) is 0 Å². The van der Waals surface area contributed by atoms with E-state index in [2.05, 4.69) is 18.2 Å². The largest absolute Gasteiger partial charge is 0.387 e. The van der Waals surface area contributed by atoms with Gasteiger partial charge in [0.15, 0.2) is 5.79 Å². The van der Waals surface area contributed by atoms with E-state index in [4.69, 9.17) is 9.47 Å². The maximum Gasteiger partial charge on any atom is 0.188 e. The molecular formula is C16H20O3. The Kier molecular flexibility index (Phi) is 3.01. The third-order valence-corrected chi connectivity index (χ3v) is 4.34. The van der Waals surface area contributed by atoms with Crippen LogP contribution in [-0.2, 0) is 15.9 Å². The lowest BCUT2D eigenvalue weighted by molar-refractivity contribution is -0.283. The summed E-state index contributed by atoms with van der Waals surface area (Å²) in [6, 6.07) is 8.23. The molecule has 2 bridgehead atoms. The zero-order valence-electron chi connectivity index (χ0n) is 11.4. The van der Waals surface area contributed by atoms with E-state index < -0.39 is 11.4 Å². The fourth-order valence-corrected chi connectivity index (χ4v) is 2.92. The van der Waals surface area contributed by atoms with Gasteiger partial charge in [0.2, 0.25) is 0 Å². The number of aliphatic hydroxyl groups is 1. The molecule has 0 spiro atoms. The normalized spacial score (nSPS) is 39.0. The molecule has 2 aliphatic rings. The first-order valence-corrected chi connectivity index (χ1v) is 6.77. The first kappa shape index (κ1) is 12.9. The molecule has 102 valence electrons. The summed E-state index contributed by atoms with van der Waals surface area (Å²) in [5.41, 5.74) is 1.57. The highest BCUT2D eigenvalue weighted by molar-refractivity contribution is 5.55. The van der Waals surface area contributed by atoms with Crippen molar-refractivity contribution >= 4 is 6.08 Å². The van der Waals surface area contributed by atoms with Crippen LogP contribution >= 0.6 is 0 Å². The molecule has 19 heavy (non-hydrogen) atoms. The number of rotatable bonds is 1. The number of hydrogen-bond donors (Lipinski definition) is 1. The summed E-state index contributed by atoms with van der Waals surface area (Å²) in [5.74, 6) is -0.694. The van der Waals surface area contributed by atoms with E-state index in [1.165, 1.54) is 11.1 Å². The second-order valence-corrected chi connectivity index (χ2v) is 5.72. The molecule has 0 saturated carbocycles. The summed E-state index contributed by atoms with van der Waals surface area (Å²) < 4.78 is 11.7. The van der Waals surface area contributed by atoms with Crippen molar-refractivity contribution in [2.75, 3.05) is 7.11 Å². The van der Waals surface area contributed by atoms with Gasteiger partial charge in [0.1, 0.15) is 0 Å². The molecule has 3 atom stereocenters. The Morgan fingerprint density at radius 2 is 2.11 bits per heavy atom. The predicted octanol–water partition coefficient (Wildman–Crippen LogP) is 2.53. The lowest BCUT2D eigenvalue weighted by atomic mass is 9.82. The van der Waals surface area contributed by atoms with E-state index in [1.807, 2.05) is 25.1 Å². The minimum Gasteiger partial charge on any atom is -0.387 e. The maximum atomic E-state index is 10.5. The van der Waals surface area contributed by atoms with Crippen LogP contribution in [0.4, 0.5) is 0 Å². The molecule has 0 aromatic heterocycles. The first-order chi connectivity index (χ1) is 9.05. The summed E-state index contributed by atoms with van der Waals surface area (Å²) in [7, 11) is 1.66. The van der Waals surface area contributed by atoms with Gasteiger partial charge in [-0.05, 0) is 30.5 Å². The zero-order chi connectivity index (χ0) is 13.5. The summed E-state index contributed by atoms with van der Waals surface area (Å²) in [5, 5.41) is 10.5. The lowest BCUT2D eigenvalue weighted by Gasteiger charge is -2.46. The number of benzene rings is 1. The molecule has 0 unspecified atom stereocenters. The van der Waals surface area contributed by atoms with Gasteiger partial charge in [-0.3, -0.25) is 0 Å². The summed E-state index contributed by atoms with van der Waals surface area (Å²) in [4.78, 5) is 0. The van der Waals surface area contributed by atoms with Crippen molar-refractivity contribution < 1.29 is 14.6 Å². The van der Waals surface area contributed by atoms with Crippen molar-refractivity contribution in [3.05, 3.63) is 41.5 Å². The van der Waals surface area contributed by atoms with Crippen LogP contribution in [0.25, 0.3) is 6.08 Å². The van der Waals surface area contributed by atoms with Crippen molar-refractivity contribution in [1.82, 2.24) is 0 Å². The SMILES string of the molecule is CO[C@]12/C=C\c3ccccc3C[C@H](O1)[C@@](C)(O)CC2. The molecule has 0 amide bonds. The van der Waals surface area contributed by atoms with Gasteiger partial charge in [0.25, 0.3) is 0 Å². The Hall–Kier alpha value is -1.16. The predicted molar refractivity (Wildman–Crippen MR) is 73.7 cm³/mol. The first-order valence-electron chi connectivity index (χ1n) is 6.77. The van der Waals surface area contributed by atoms with Crippen LogP contribution in [0, 0.1) is 0 Å². The number of fused-ring (bicyclic) bond motifs is 3. The highest BCUT2D eigenvalue weighted by Gasteiger charge is 2.46. The van der Waals surface area contributed by atoms with Crippen LogP contribution in [0.1, 0.15) is 30.9 Å². The van der Waals surface area contributed by atoms with Crippen LogP contribution < -0.4 is 0 Å². The van der Waals surface area contributed by atoms with Gasteiger partial charge in [-0.15, -0.1) is 0 Å². The molecule has 2 aliphatic heterocycles. The molecule has 3 nitrogen and oxygen atoms in total. The van der Waals surface area contributed by atoms with Gasteiger partial charge in [0, 0.05) is 20.0 Å². The molecule has 1 aromatic carbocycles. The molecule has 1 aromatic rings. The Balaban J connectivity index is 2.07. The lowest BCUT2D eigenvalue weighted by Crippen LogP contribution is -2.54. The number of hydrogen-bond acceptors (Lipinski definition) is 3. The molecule has 1 N–H and O–H groups in total. The third-order valence-electron chi connectivity index (χ3n) is 4.34. The summed E-state index contributed by atoms with van der Waals surface area (Å²) in [6.45, 7) is 1.85. The van der Waals surface area contributed by atoms with Crippen LogP contribution in [0.15, 0.2) is 30.3 Å². The van der Waals surface area contributed by atoms with Crippen molar-refractivity contribution in [2.24, 2.45) is 0 Å². The molecule has 1 saturated heterocycles. The minimum absolute atomic E-state index is 0.243. The van der Waals surface area contributed by atoms with E-state index in [0.717, 1.165) is 0 Å². The van der Waals surface area contributed by atoms with Crippen molar-refractivity contribution in [2.45, 2.75) is 43.7 Å². The molecule has 2 heterocycles. The monoisotopic (exact) mass is 260 g/mol. The zero-order valence-corrected chi connectivity index (χ0v) is 11.4. The van der Waals surface area contributed by atoms with Gasteiger partial charge in [-0.25, -0.2) is 0 Å². The number of ether oxygens (including phenoxy) is 2. The minimum atomic E-state index is -0.805. The summed E-state index contributed by atoms with van der Waals surface area (Å²) in [6.07, 6.45) is 5.86. The van der Waals surface area contributed by atoms with Gasteiger partial charge in [0.05, 0.1) is 11.7 Å². The quantitative estimate of drug-likeness (QED) is 0.843. The molecule has 1 fully saturated rings. The molecule has 0 radical (unpaired) electrons. The molecule has 0 aliphatic carbocycles. The van der Waals surface area contributed by atoms with E-state index >= 15 is 0 Å². The van der Waals surface area contributed by atoms with Crippen molar-refractivity contribution in [3.8, 4) is 0 Å². The molecular weight excluding hydrogens is 240 g/mol. The van der Waals surface area contributed by atoms with Gasteiger partial charge < -0.3 is 14.6 Å². The fraction of sp³-hybridized carbons (Fsp3) is 0.500. The second-order valence-electron chi connectivity index (χ2n) is 5.72. The fourth-order valence-electron chi connectivity index (χ4n) is 2.92. The Bertz CT molecular complexity index is 506. The van der Waals surface area contributed by atoms with Crippen LogP contribution in [0.2, 0.25) is 0 Å². The van der Waals surface area contributed by atoms with E-state index in [9.17, 15) is 5.11 Å². The van der Waals surface area contributed by atoms with Crippen molar-refractivity contribution in [3.63, 3.8) is 0 Å². The summed E-state index contributed by atoms with van der Waals surface area (Å²) >= 11 is 0. The highest BCUT2D eigenvalue weighted by atomic mass is 16.7. The van der Waals surface area contributed by atoms with Crippen LogP contribution in [-0.4, -0.2) is 29.7 Å². The third kappa shape index (κ3) is 2.22. The van der Waals surface area contributed by atoms with E-state index in [-0.39, 0.29) is 6.10 Å². The average Bonchev–Trinajstić information content (AvgIpc) is 2.39. The van der Waals surface area contributed by atoms with Gasteiger partial charge in [-0.1, -0.05) is 30.3 Å². The Morgan fingerprint density at radius 1 is 1.32 bits per heavy atom. The van der Waals surface area contributed by atoms with Crippen LogP contribution in [0.5, 0.6) is 0 Å². The topological polar surface area (TPSA) is 38.7 Å². The van der Waals surface area contributed by atoms with Gasteiger partial charge >= 0.3 is 0 Å². The van der Waals surface area contributed by atoms with Crippen molar-refractivity contribution in [1.29, 1.82) is 0 Å². The Labute approximate surface area is 113 Å².